The Morgan fingerprint density at radius 1 is 1.29 bits per heavy atom. The number of unbranched alkanes of at least 4 members (excludes halogenated alkanes) is 2. The van der Waals surface area contributed by atoms with Gasteiger partial charge >= 0.3 is 0 Å². The molecule has 5 heteroatoms. The van der Waals surface area contributed by atoms with Crippen molar-refractivity contribution in [3.63, 3.8) is 0 Å². The minimum absolute atomic E-state index is 0.296. The van der Waals surface area contributed by atoms with Crippen molar-refractivity contribution >= 4 is 17.4 Å². The molecule has 0 saturated heterocycles. The Bertz CT molecular complexity index is 347. The highest BCUT2D eigenvalue weighted by molar-refractivity contribution is 6.17. The summed E-state index contributed by atoms with van der Waals surface area (Å²) in [5, 5.41) is 0. The average Bonchev–Trinajstić information content (AvgIpc) is 2.34. The summed E-state index contributed by atoms with van der Waals surface area (Å²) in [5.74, 6) is 0.781. The summed E-state index contributed by atoms with van der Waals surface area (Å²) >= 11 is 5.60. The summed E-state index contributed by atoms with van der Waals surface area (Å²) in [6, 6.07) is 0. The number of aryl methyl sites for hydroxylation is 1. The van der Waals surface area contributed by atoms with E-state index in [1.807, 2.05) is 18.9 Å². The first-order valence-electron chi connectivity index (χ1n) is 5.97. The molecule has 1 aromatic heterocycles. The van der Waals surface area contributed by atoms with Crippen LogP contribution >= 0.6 is 11.6 Å². The van der Waals surface area contributed by atoms with E-state index in [1.165, 1.54) is 6.33 Å². The maximum atomic E-state index is 13.9. The van der Waals surface area contributed by atoms with Crippen LogP contribution in [0.15, 0.2) is 6.33 Å². The molecule has 0 aliphatic rings. The molecule has 0 amide bonds. The molecule has 0 aliphatic carbocycles. The van der Waals surface area contributed by atoms with E-state index in [9.17, 15) is 4.39 Å². The molecule has 0 aromatic carbocycles. The lowest BCUT2D eigenvalue weighted by Gasteiger charge is -2.19. The van der Waals surface area contributed by atoms with E-state index in [-0.39, 0.29) is 5.82 Å². The van der Waals surface area contributed by atoms with Gasteiger partial charge in [-0.05, 0) is 19.3 Å². The second kappa shape index (κ2) is 7.43. The highest BCUT2D eigenvalue weighted by Crippen LogP contribution is 2.17. The van der Waals surface area contributed by atoms with E-state index in [0.717, 1.165) is 25.8 Å². The van der Waals surface area contributed by atoms with Gasteiger partial charge < -0.3 is 4.90 Å². The summed E-state index contributed by atoms with van der Waals surface area (Å²) in [7, 11) is 1.85. The summed E-state index contributed by atoms with van der Waals surface area (Å²) in [6.45, 7) is 2.67. The van der Waals surface area contributed by atoms with Gasteiger partial charge in [0.05, 0.1) is 5.69 Å². The van der Waals surface area contributed by atoms with Gasteiger partial charge in [-0.1, -0.05) is 13.3 Å². The first-order chi connectivity index (χ1) is 8.20. The van der Waals surface area contributed by atoms with E-state index in [2.05, 4.69) is 9.97 Å². The second-order valence-electron chi connectivity index (χ2n) is 3.98. The number of aromatic nitrogens is 2. The van der Waals surface area contributed by atoms with E-state index < -0.39 is 0 Å². The molecule has 1 aromatic rings. The molecule has 0 spiro atoms. The average molecular weight is 260 g/mol. The molecule has 0 N–H and O–H groups in total. The Kier molecular flexibility index (Phi) is 6.19. The fourth-order valence-corrected chi connectivity index (χ4v) is 1.82. The van der Waals surface area contributed by atoms with Crippen LogP contribution in [0.2, 0.25) is 0 Å². The van der Waals surface area contributed by atoms with Gasteiger partial charge in [0.15, 0.2) is 11.6 Å². The van der Waals surface area contributed by atoms with Gasteiger partial charge in [0.25, 0.3) is 0 Å². The lowest BCUT2D eigenvalue weighted by atomic mass is 10.2. The van der Waals surface area contributed by atoms with Crippen LogP contribution in [0.5, 0.6) is 0 Å². The van der Waals surface area contributed by atoms with E-state index >= 15 is 0 Å². The zero-order valence-electron chi connectivity index (χ0n) is 10.4. The Hall–Kier alpha value is -0.900. The Morgan fingerprint density at radius 3 is 2.71 bits per heavy atom. The minimum atomic E-state index is -0.296. The van der Waals surface area contributed by atoms with Gasteiger partial charge in [0.1, 0.15) is 6.33 Å². The van der Waals surface area contributed by atoms with Crippen LogP contribution in [0.4, 0.5) is 10.2 Å². The molecule has 1 heterocycles. The predicted molar refractivity (Wildman–Crippen MR) is 69.2 cm³/mol. The smallest absolute Gasteiger partial charge is 0.187 e. The largest absolute Gasteiger partial charge is 0.357 e. The van der Waals surface area contributed by atoms with E-state index in [4.69, 9.17) is 11.6 Å². The van der Waals surface area contributed by atoms with Gasteiger partial charge in [0, 0.05) is 19.5 Å². The third-order valence-electron chi connectivity index (χ3n) is 2.67. The molecule has 0 aliphatic heterocycles. The van der Waals surface area contributed by atoms with Crippen LogP contribution in [0.1, 0.15) is 31.9 Å². The third-order valence-corrected chi connectivity index (χ3v) is 2.93. The number of alkyl halides is 1. The lowest BCUT2D eigenvalue weighted by Crippen LogP contribution is -2.22. The highest BCUT2D eigenvalue weighted by atomic mass is 35.5. The summed E-state index contributed by atoms with van der Waals surface area (Å²) < 4.78 is 13.9. The van der Waals surface area contributed by atoms with Gasteiger partial charge in [-0.25, -0.2) is 14.4 Å². The van der Waals surface area contributed by atoms with Crippen molar-refractivity contribution in [1.82, 2.24) is 9.97 Å². The normalized spacial score (nSPS) is 10.6. The molecule has 3 nitrogen and oxygen atoms in total. The molecular formula is C12H19ClFN3. The maximum Gasteiger partial charge on any atom is 0.187 e. The molecule has 0 atom stereocenters. The number of rotatable bonds is 7. The Labute approximate surface area is 107 Å². The van der Waals surface area contributed by atoms with Gasteiger partial charge in [-0.2, -0.15) is 0 Å². The zero-order chi connectivity index (χ0) is 12.7. The number of hydrogen-bond donors (Lipinski definition) is 0. The Morgan fingerprint density at radius 2 is 2.06 bits per heavy atom. The molecule has 0 radical (unpaired) electrons. The molecule has 0 bridgehead atoms. The monoisotopic (exact) mass is 259 g/mol. The number of halogens is 2. The fraction of sp³-hybridized carbons (Fsp3) is 0.667. The van der Waals surface area contributed by atoms with Crippen molar-refractivity contribution in [3.05, 3.63) is 17.8 Å². The molecule has 1 rings (SSSR count). The first-order valence-corrected chi connectivity index (χ1v) is 6.50. The van der Waals surface area contributed by atoms with E-state index in [1.54, 1.807) is 0 Å². The standard InChI is InChI=1S/C12H19ClFN3/c1-3-10-11(14)12(16-9-15-10)17(2)8-6-4-5-7-13/h9H,3-8H2,1-2H3. The molecule has 0 saturated carbocycles. The van der Waals surface area contributed by atoms with Crippen LogP contribution < -0.4 is 4.90 Å². The van der Waals surface area contributed by atoms with Gasteiger partial charge in [-0.3, -0.25) is 0 Å². The number of nitrogens with zero attached hydrogens (tertiary/aromatic N) is 3. The fourth-order valence-electron chi connectivity index (χ4n) is 1.63. The van der Waals surface area contributed by atoms with Crippen LogP contribution in [0.25, 0.3) is 0 Å². The molecule has 0 fully saturated rings. The van der Waals surface area contributed by atoms with Gasteiger partial charge in [0.2, 0.25) is 0 Å². The SMILES string of the molecule is CCc1ncnc(N(C)CCCCCCl)c1F. The molecular weight excluding hydrogens is 241 g/mol. The van der Waals surface area contributed by atoms with Crippen LogP contribution in [0.3, 0.4) is 0 Å². The van der Waals surface area contributed by atoms with Crippen LogP contribution in [-0.4, -0.2) is 29.4 Å². The topological polar surface area (TPSA) is 29.0 Å². The molecule has 96 valence electrons. The predicted octanol–water partition coefficient (Wildman–Crippen LogP) is 3.02. The quantitative estimate of drug-likeness (QED) is 0.557. The van der Waals surface area contributed by atoms with Crippen LogP contribution in [0, 0.1) is 5.82 Å². The number of hydrogen-bond acceptors (Lipinski definition) is 3. The van der Waals surface area contributed by atoms with Gasteiger partial charge in [-0.15, -0.1) is 11.6 Å². The number of anilines is 1. The van der Waals surface area contributed by atoms with Crippen molar-refractivity contribution in [3.8, 4) is 0 Å². The summed E-state index contributed by atoms with van der Waals surface area (Å²) in [6.07, 6.45) is 5.06. The van der Waals surface area contributed by atoms with E-state index in [0.29, 0.717) is 23.8 Å². The zero-order valence-corrected chi connectivity index (χ0v) is 11.2. The summed E-state index contributed by atoms with van der Waals surface area (Å²) in [4.78, 5) is 9.76. The van der Waals surface area contributed by atoms with Crippen molar-refractivity contribution < 1.29 is 4.39 Å². The minimum Gasteiger partial charge on any atom is -0.357 e. The maximum absolute atomic E-state index is 13.9. The lowest BCUT2D eigenvalue weighted by molar-refractivity contribution is 0.584. The van der Waals surface area contributed by atoms with Crippen LogP contribution in [-0.2, 0) is 6.42 Å². The van der Waals surface area contributed by atoms with Crippen molar-refractivity contribution in [2.75, 3.05) is 24.4 Å². The van der Waals surface area contributed by atoms with Crippen molar-refractivity contribution in [1.29, 1.82) is 0 Å². The van der Waals surface area contributed by atoms with Crippen molar-refractivity contribution in [2.24, 2.45) is 0 Å². The first kappa shape index (κ1) is 14.2. The Balaban J connectivity index is 2.59. The van der Waals surface area contributed by atoms with Crippen molar-refractivity contribution in [2.45, 2.75) is 32.6 Å². The highest BCUT2D eigenvalue weighted by Gasteiger charge is 2.12. The third kappa shape index (κ3) is 4.11. The molecule has 17 heavy (non-hydrogen) atoms. The summed E-state index contributed by atoms with van der Waals surface area (Å²) in [5.41, 5.74) is 0.475. The molecule has 0 unspecified atom stereocenters. The second-order valence-corrected chi connectivity index (χ2v) is 4.36.